The SMILES string of the molecule is CC1=C[C@H]2O[C@@H]3C[C@@H](OC(=O)\C=C/C=C/C=C/C(=O)O)C(C)(C34CO4)[C@@]2(C)CC1. The van der Waals surface area contributed by atoms with Crippen LogP contribution in [-0.4, -0.2) is 47.6 Å². The molecule has 2 unspecified atom stereocenters. The third-order valence-electron chi connectivity index (χ3n) is 7.59. The third-order valence-corrected chi connectivity index (χ3v) is 7.59. The molecular formula is C23H28O6. The first kappa shape index (κ1) is 20.1. The maximum absolute atomic E-state index is 12.5. The van der Waals surface area contributed by atoms with E-state index < -0.39 is 11.9 Å². The van der Waals surface area contributed by atoms with Crippen molar-refractivity contribution < 1.29 is 28.9 Å². The monoisotopic (exact) mass is 400 g/mol. The minimum absolute atomic E-state index is 0.0178. The first-order valence-corrected chi connectivity index (χ1v) is 10.1. The van der Waals surface area contributed by atoms with Gasteiger partial charge in [-0.1, -0.05) is 49.8 Å². The van der Waals surface area contributed by atoms with Crippen LogP contribution in [0.15, 0.2) is 48.1 Å². The van der Waals surface area contributed by atoms with Crippen molar-refractivity contribution in [3.8, 4) is 0 Å². The smallest absolute Gasteiger partial charge is 0.331 e. The number of hydrogen-bond donors (Lipinski definition) is 1. The van der Waals surface area contributed by atoms with Crippen LogP contribution in [0.4, 0.5) is 0 Å². The van der Waals surface area contributed by atoms with Gasteiger partial charge in [0.1, 0.15) is 11.7 Å². The summed E-state index contributed by atoms with van der Waals surface area (Å²) in [5.41, 5.74) is 0.525. The molecule has 6 nitrogen and oxygen atoms in total. The zero-order chi connectivity index (χ0) is 20.9. The van der Waals surface area contributed by atoms with Crippen molar-refractivity contribution in [1.82, 2.24) is 0 Å². The second-order valence-electron chi connectivity index (χ2n) is 8.96. The van der Waals surface area contributed by atoms with Gasteiger partial charge in [0.25, 0.3) is 0 Å². The Hall–Kier alpha value is -2.18. The highest BCUT2D eigenvalue weighted by Crippen LogP contribution is 2.71. The first-order chi connectivity index (χ1) is 13.7. The summed E-state index contributed by atoms with van der Waals surface area (Å²) in [6.07, 6.45) is 13.0. The molecule has 4 aliphatic rings. The van der Waals surface area contributed by atoms with Gasteiger partial charge in [-0.2, -0.15) is 0 Å². The number of ether oxygens (including phenoxy) is 3. The zero-order valence-electron chi connectivity index (χ0n) is 17.1. The van der Waals surface area contributed by atoms with E-state index in [0.29, 0.717) is 13.0 Å². The van der Waals surface area contributed by atoms with Gasteiger partial charge in [0.2, 0.25) is 0 Å². The Bertz CT molecular complexity index is 832. The van der Waals surface area contributed by atoms with Gasteiger partial charge in [0.15, 0.2) is 0 Å². The average molecular weight is 400 g/mol. The zero-order valence-corrected chi connectivity index (χ0v) is 17.1. The average Bonchev–Trinajstić information content (AvgIpc) is 3.43. The molecule has 2 bridgehead atoms. The Labute approximate surface area is 170 Å². The largest absolute Gasteiger partial charge is 0.478 e. The normalized spacial score (nSPS) is 43.1. The number of rotatable bonds is 5. The van der Waals surface area contributed by atoms with Crippen molar-refractivity contribution in [2.45, 2.75) is 63.9 Å². The van der Waals surface area contributed by atoms with Crippen LogP contribution in [0.5, 0.6) is 0 Å². The van der Waals surface area contributed by atoms with Gasteiger partial charge in [0, 0.05) is 29.4 Å². The quantitative estimate of drug-likeness (QED) is 0.250. The molecule has 6 atom stereocenters. The number of hydrogen-bond acceptors (Lipinski definition) is 5. The maximum atomic E-state index is 12.5. The Balaban J connectivity index is 1.51. The first-order valence-electron chi connectivity index (χ1n) is 10.1. The molecule has 0 aromatic heterocycles. The lowest BCUT2D eigenvalue weighted by Gasteiger charge is -2.57. The van der Waals surface area contributed by atoms with E-state index in [1.165, 1.54) is 17.7 Å². The second kappa shape index (κ2) is 6.96. The summed E-state index contributed by atoms with van der Waals surface area (Å²) in [4.78, 5) is 22.9. The summed E-state index contributed by atoms with van der Waals surface area (Å²) in [6.45, 7) is 7.26. The van der Waals surface area contributed by atoms with Gasteiger partial charge in [-0.3, -0.25) is 0 Å². The van der Waals surface area contributed by atoms with E-state index in [-0.39, 0.29) is 34.7 Å². The summed E-state index contributed by atoms with van der Waals surface area (Å²) in [5.74, 6) is -1.43. The van der Waals surface area contributed by atoms with E-state index in [1.54, 1.807) is 18.2 Å². The molecule has 2 heterocycles. The molecule has 0 aromatic carbocycles. The molecule has 156 valence electrons. The van der Waals surface area contributed by atoms with Gasteiger partial charge in [-0.25, -0.2) is 9.59 Å². The van der Waals surface area contributed by atoms with Crippen LogP contribution < -0.4 is 0 Å². The number of carboxylic acids is 1. The molecule has 4 rings (SSSR count). The van der Waals surface area contributed by atoms with Crippen LogP contribution in [0, 0.1) is 10.8 Å². The maximum Gasteiger partial charge on any atom is 0.331 e. The molecule has 1 saturated carbocycles. The summed E-state index contributed by atoms with van der Waals surface area (Å²) < 4.78 is 18.4. The lowest BCUT2D eigenvalue weighted by Crippen LogP contribution is -2.63. The molecule has 2 aliphatic carbocycles. The van der Waals surface area contributed by atoms with E-state index in [4.69, 9.17) is 19.3 Å². The Morgan fingerprint density at radius 1 is 1.21 bits per heavy atom. The van der Waals surface area contributed by atoms with Crippen LogP contribution >= 0.6 is 0 Å². The summed E-state index contributed by atoms with van der Waals surface area (Å²) in [7, 11) is 0. The topological polar surface area (TPSA) is 85.4 Å². The number of carbonyl (C=O) groups is 2. The van der Waals surface area contributed by atoms with Gasteiger partial charge in [0.05, 0.1) is 18.8 Å². The summed E-state index contributed by atoms with van der Waals surface area (Å²) in [5, 5.41) is 8.54. The lowest BCUT2D eigenvalue weighted by atomic mass is 9.52. The van der Waals surface area contributed by atoms with Crippen molar-refractivity contribution in [2.24, 2.45) is 10.8 Å². The number of aliphatic carboxylic acids is 1. The standard InChI is InChI=1S/C23H28O6/c1-15-10-11-21(2)16(12-15)28-18-13-17(22(21,3)23(18)14-27-23)29-20(26)9-7-5-4-6-8-19(24)25/h4-9,12,16-18H,10-11,13-14H2,1-3H3,(H,24,25)/b5-4+,8-6+,9-7-/t16-,17-,18-,21+,22?,23?/m1/s1. The van der Waals surface area contributed by atoms with E-state index in [0.717, 1.165) is 18.9 Å². The Morgan fingerprint density at radius 3 is 2.55 bits per heavy atom. The predicted molar refractivity (Wildman–Crippen MR) is 106 cm³/mol. The van der Waals surface area contributed by atoms with Gasteiger partial charge in [-0.15, -0.1) is 0 Å². The number of epoxide rings is 1. The molecule has 0 amide bonds. The van der Waals surface area contributed by atoms with Crippen molar-refractivity contribution in [2.75, 3.05) is 6.61 Å². The summed E-state index contributed by atoms with van der Waals surface area (Å²) >= 11 is 0. The molecular weight excluding hydrogens is 372 g/mol. The molecule has 29 heavy (non-hydrogen) atoms. The van der Waals surface area contributed by atoms with Crippen LogP contribution in [0.3, 0.4) is 0 Å². The van der Waals surface area contributed by atoms with E-state index in [9.17, 15) is 9.59 Å². The Morgan fingerprint density at radius 2 is 1.90 bits per heavy atom. The molecule has 2 aliphatic heterocycles. The third kappa shape index (κ3) is 3.01. The van der Waals surface area contributed by atoms with Crippen molar-refractivity contribution in [3.05, 3.63) is 48.1 Å². The van der Waals surface area contributed by atoms with E-state index in [2.05, 4.69) is 26.8 Å². The number of fused-ring (bicyclic) bond motifs is 2. The number of carboxylic acid groups (broad SMARTS) is 1. The van der Waals surface area contributed by atoms with Crippen molar-refractivity contribution in [1.29, 1.82) is 0 Å². The van der Waals surface area contributed by atoms with Gasteiger partial charge >= 0.3 is 11.9 Å². The van der Waals surface area contributed by atoms with Crippen molar-refractivity contribution >= 4 is 11.9 Å². The molecule has 2 saturated heterocycles. The molecule has 1 spiro atoms. The molecule has 0 aromatic rings. The predicted octanol–water partition coefficient (Wildman–Crippen LogP) is 3.34. The molecule has 0 radical (unpaired) electrons. The fourth-order valence-corrected chi connectivity index (χ4v) is 5.60. The van der Waals surface area contributed by atoms with E-state index >= 15 is 0 Å². The van der Waals surface area contributed by atoms with Gasteiger partial charge < -0.3 is 19.3 Å². The van der Waals surface area contributed by atoms with Crippen LogP contribution in [-0.2, 0) is 23.8 Å². The van der Waals surface area contributed by atoms with Crippen LogP contribution in [0.2, 0.25) is 0 Å². The molecule has 1 N–H and O–H groups in total. The molecule has 3 fully saturated rings. The van der Waals surface area contributed by atoms with Crippen LogP contribution in [0.1, 0.15) is 40.0 Å². The second-order valence-corrected chi connectivity index (χ2v) is 8.96. The fraction of sp³-hybridized carbons (Fsp3) is 0.565. The lowest BCUT2D eigenvalue weighted by molar-refractivity contribution is -0.209. The minimum atomic E-state index is -1.02. The Kier molecular flexibility index (Phi) is 4.82. The number of esters is 1. The highest BCUT2D eigenvalue weighted by molar-refractivity contribution is 5.82. The van der Waals surface area contributed by atoms with Gasteiger partial charge in [-0.05, 0) is 19.8 Å². The van der Waals surface area contributed by atoms with Crippen LogP contribution in [0.25, 0.3) is 0 Å². The number of allylic oxidation sites excluding steroid dienone is 5. The highest BCUT2D eigenvalue weighted by atomic mass is 16.6. The number of carbonyl (C=O) groups excluding carboxylic acids is 1. The minimum Gasteiger partial charge on any atom is -0.478 e. The van der Waals surface area contributed by atoms with E-state index in [1.807, 2.05) is 0 Å². The van der Waals surface area contributed by atoms with Crippen molar-refractivity contribution in [3.63, 3.8) is 0 Å². The molecule has 6 heteroatoms. The summed E-state index contributed by atoms with van der Waals surface area (Å²) in [6, 6.07) is 0. The highest BCUT2D eigenvalue weighted by Gasteiger charge is 2.81. The fourth-order valence-electron chi connectivity index (χ4n) is 5.60.